The number of aromatic amines is 1. The van der Waals surface area contributed by atoms with Crippen LogP contribution in [0.25, 0.3) is 11.3 Å². The van der Waals surface area contributed by atoms with E-state index < -0.39 is 0 Å². The Morgan fingerprint density at radius 3 is 2.37 bits per heavy atom. The van der Waals surface area contributed by atoms with E-state index in [4.69, 9.17) is 12.2 Å². The minimum absolute atomic E-state index is 0.716. The summed E-state index contributed by atoms with van der Waals surface area (Å²) in [4.78, 5) is 7.44. The third-order valence-corrected chi connectivity index (χ3v) is 3.58. The Kier molecular flexibility index (Phi) is 4.86. The summed E-state index contributed by atoms with van der Waals surface area (Å²) in [5.41, 5.74) is 4.85. The number of aromatic nitrogens is 2. The molecule has 0 saturated heterocycles. The van der Waals surface area contributed by atoms with Gasteiger partial charge in [0, 0.05) is 5.56 Å². The Labute approximate surface area is 119 Å². The molecule has 0 fully saturated rings. The molecule has 3 heteroatoms. The average Bonchev–Trinajstić information content (AvgIpc) is 2.43. The second-order valence-electron chi connectivity index (χ2n) is 4.76. The van der Waals surface area contributed by atoms with Gasteiger partial charge in [0.1, 0.15) is 4.64 Å². The van der Waals surface area contributed by atoms with Crippen LogP contribution < -0.4 is 0 Å². The molecule has 1 heterocycles. The van der Waals surface area contributed by atoms with Crippen molar-refractivity contribution < 1.29 is 0 Å². The molecule has 0 spiro atoms. The Morgan fingerprint density at radius 2 is 1.74 bits per heavy atom. The van der Waals surface area contributed by atoms with Crippen molar-refractivity contribution in [2.45, 2.75) is 39.5 Å². The zero-order valence-corrected chi connectivity index (χ0v) is 12.4. The fourth-order valence-corrected chi connectivity index (χ4v) is 2.55. The van der Waals surface area contributed by atoms with Gasteiger partial charge in [-0.15, -0.1) is 0 Å². The van der Waals surface area contributed by atoms with Gasteiger partial charge in [-0.05, 0) is 24.0 Å². The molecule has 1 N–H and O–H groups in total. The molecule has 1 aromatic carbocycles. The molecule has 2 aromatic rings. The van der Waals surface area contributed by atoms with Gasteiger partial charge < -0.3 is 4.98 Å². The van der Waals surface area contributed by atoms with Gasteiger partial charge >= 0.3 is 0 Å². The lowest BCUT2D eigenvalue weighted by molar-refractivity contribution is 0.898. The van der Waals surface area contributed by atoms with Gasteiger partial charge in [-0.2, -0.15) is 0 Å². The van der Waals surface area contributed by atoms with Crippen molar-refractivity contribution in [3.05, 3.63) is 46.4 Å². The van der Waals surface area contributed by atoms with E-state index in [1.54, 1.807) is 6.33 Å². The summed E-state index contributed by atoms with van der Waals surface area (Å²) in [6, 6.07) is 8.74. The summed E-state index contributed by atoms with van der Waals surface area (Å²) >= 11 is 5.34. The molecule has 0 unspecified atom stereocenters. The summed E-state index contributed by atoms with van der Waals surface area (Å²) in [6.45, 7) is 4.36. The highest BCUT2D eigenvalue weighted by Crippen LogP contribution is 2.23. The van der Waals surface area contributed by atoms with Gasteiger partial charge in [0.25, 0.3) is 0 Å². The molecule has 100 valence electrons. The quantitative estimate of drug-likeness (QED) is 0.798. The first-order chi connectivity index (χ1) is 9.26. The van der Waals surface area contributed by atoms with E-state index in [0.717, 1.165) is 30.5 Å². The number of hydrogen-bond donors (Lipinski definition) is 1. The van der Waals surface area contributed by atoms with E-state index in [0.29, 0.717) is 4.64 Å². The van der Waals surface area contributed by atoms with Crippen LogP contribution in [-0.2, 0) is 12.8 Å². The van der Waals surface area contributed by atoms with Crippen molar-refractivity contribution in [3.8, 4) is 11.3 Å². The van der Waals surface area contributed by atoms with Gasteiger partial charge in [-0.3, -0.25) is 0 Å². The van der Waals surface area contributed by atoms with Crippen LogP contribution in [0.15, 0.2) is 30.6 Å². The maximum atomic E-state index is 5.34. The van der Waals surface area contributed by atoms with Crippen molar-refractivity contribution in [3.63, 3.8) is 0 Å². The molecule has 19 heavy (non-hydrogen) atoms. The van der Waals surface area contributed by atoms with Gasteiger partial charge in [-0.1, -0.05) is 63.2 Å². The first-order valence-corrected chi connectivity index (χ1v) is 7.33. The summed E-state index contributed by atoms with van der Waals surface area (Å²) in [7, 11) is 0. The highest BCUT2D eigenvalue weighted by molar-refractivity contribution is 7.71. The first-order valence-electron chi connectivity index (χ1n) is 6.92. The van der Waals surface area contributed by atoms with Crippen molar-refractivity contribution in [1.29, 1.82) is 0 Å². The zero-order chi connectivity index (χ0) is 13.7. The van der Waals surface area contributed by atoms with E-state index in [9.17, 15) is 0 Å². The number of H-pyrrole nitrogens is 1. The number of aryl methyl sites for hydroxylation is 1. The minimum Gasteiger partial charge on any atom is -0.346 e. The van der Waals surface area contributed by atoms with Gasteiger partial charge in [-0.25, -0.2) is 4.98 Å². The SMILES string of the molecule is CCCc1ccc(-c2[nH]cnc(=S)c2CCC)cc1. The zero-order valence-electron chi connectivity index (χ0n) is 11.6. The number of rotatable bonds is 5. The molecule has 0 aliphatic carbocycles. The smallest absolute Gasteiger partial charge is 0.133 e. The van der Waals surface area contributed by atoms with E-state index in [-0.39, 0.29) is 0 Å². The minimum atomic E-state index is 0.716. The maximum Gasteiger partial charge on any atom is 0.133 e. The van der Waals surface area contributed by atoms with Crippen molar-refractivity contribution in [1.82, 2.24) is 9.97 Å². The third kappa shape index (κ3) is 3.29. The standard InChI is InChI=1S/C16H20N2S/c1-3-5-12-7-9-13(10-8-12)15-14(6-4-2)16(19)18-11-17-15/h7-11H,3-6H2,1-2H3,(H,17,18,19). The summed E-state index contributed by atoms with van der Waals surface area (Å²) in [5, 5.41) is 0. The van der Waals surface area contributed by atoms with E-state index in [1.165, 1.54) is 17.5 Å². The molecule has 0 saturated carbocycles. The predicted molar refractivity (Wildman–Crippen MR) is 82.8 cm³/mol. The lowest BCUT2D eigenvalue weighted by Crippen LogP contribution is -1.96. The molecule has 2 rings (SSSR count). The Bertz CT molecular complexity index is 584. The Balaban J connectivity index is 2.40. The van der Waals surface area contributed by atoms with Crippen LogP contribution in [0.3, 0.4) is 0 Å². The van der Waals surface area contributed by atoms with Crippen LogP contribution >= 0.6 is 12.2 Å². The molecular formula is C16H20N2S. The number of nitrogens with zero attached hydrogens (tertiary/aromatic N) is 1. The number of hydrogen-bond acceptors (Lipinski definition) is 2. The maximum absolute atomic E-state index is 5.34. The molecule has 0 amide bonds. The van der Waals surface area contributed by atoms with Gasteiger partial charge in [0.05, 0.1) is 12.0 Å². The fraction of sp³-hybridized carbons (Fsp3) is 0.375. The predicted octanol–water partition coefficient (Wildman–Crippen LogP) is 4.71. The van der Waals surface area contributed by atoms with E-state index in [2.05, 4.69) is 48.1 Å². The monoisotopic (exact) mass is 272 g/mol. The number of benzene rings is 1. The second kappa shape index (κ2) is 6.62. The highest BCUT2D eigenvalue weighted by Gasteiger charge is 2.07. The summed E-state index contributed by atoms with van der Waals surface area (Å²) in [5.74, 6) is 0. The van der Waals surface area contributed by atoms with Gasteiger partial charge in [0.2, 0.25) is 0 Å². The van der Waals surface area contributed by atoms with Crippen molar-refractivity contribution in [2.24, 2.45) is 0 Å². The average molecular weight is 272 g/mol. The highest BCUT2D eigenvalue weighted by atomic mass is 32.1. The normalized spacial score (nSPS) is 10.6. The first kappa shape index (κ1) is 13.9. The number of nitrogens with one attached hydrogen (secondary N) is 1. The lowest BCUT2D eigenvalue weighted by Gasteiger charge is -2.09. The molecular weight excluding hydrogens is 252 g/mol. The van der Waals surface area contributed by atoms with Crippen LogP contribution in [0.5, 0.6) is 0 Å². The Hall–Kier alpha value is -1.48. The fourth-order valence-electron chi connectivity index (χ4n) is 2.29. The van der Waals surface area contributed by atoms with Crippen molar-refractivity contribution in [2.75, 3.05) is 0 Å². The van der Waals surface area contributed by atoms with Crippen LogP contribution in [0.2, 0.25) is 0 Å². The molecule has 0 atom stereocenters. The third-order valence-electron chi connectivity index (χ3n) is 3.23. The molecule has 0 aliphatic heterocycles. The molecule has 0 radical (unpaired) electrons. The molecule has 0 bridgehead atoms. The van der Waals surface area contributed by atoms with Crippen LogP contribution in [0.4, 0.5) is 0 Å². The molecule has 0 aliphatic rings. The van der Waals surface area contributed by atoms with Crippen molar-refractivity contribution >= 4 is 12.2 Å². The molecule has 2 nitrogen and oxygen atoms in total. The largest absolute Gasteiger partial charge is 0.346 e. The van der Waals surface area contributed by atoms with Gasteiger partial charge in [0.15, 0.2) is 0 Å². The molecule has 1 aromatic heterocycles. The van der Waals surface area contributed by atoms with Crippen LogP contribution in [-0.4, -0.2) is 9.97 Å². The van der Waals surface area contributed by atoms with Crippen LogP contribution in [0.1, 0.15) is 37.8 Å². The topological polar surface area (TPSA) is 28.7 Å². The summed E-state index contributed by atoms with van der Waals surface area (Å²) < 4.78 is 0.716. The van der Waals surface area contributed by atoms with Crippen LogP contribution in [0, 0.1) is 4.64 Å². The summed E-state index contributed by atoms with van der Waals surface area (Å²) in [6.07, 6.45) is 6.04. The Morgan fingerprint density at radius 1 is 1.05 bits per heavy atom. The van der Waals surface area contributed by atoms with E-state index >= 15 is 0 Å². The van der Waals surface area contributed by atoms with E-state index in [1.807, 2.05) is 0 Å². The second-order valence-corrected chi connectivity index (χ2v) is 5.14. The lowest BCUT2D eigenvalue weighted by atomic mass is 10.0.